The smallest absolute Gasteiger partial charge is 0.302 e. The lowest BCUT2D eigenvalue weighted by Gasteiger charge is -2.04. The Morgan fingerprint density at radius 1 is 1.20 bits per heavy atom. The van der Waals surface area contributed by atoms with E-state index in [9.17, 15) is 0 Å². The molecule has 0 amide bonds. The number of ether oxygens (including phenoxy) is 1. The number of benzene rings is 1. The van der Waals surface area contributed by atoms with Crippen molar-refractivity contribution in [3.8, 4) is 11.8 Å². The van der Waals surface area contributed by atoms with Crippen LogP contribution in [0, 0.1) is 0 Å². The van der Waals surface area contributed by atoms with Gasteiger partial charge in [-0.05, 0) is 24.3 Å². The van der Waals surface area contributed by atoms with E-state index in [-0.39, 0.29) is 0 Å². The summed E-state index contributed by atoms with van der Waals surface area (Å²) in [6, 6.07) is 7.49. The van der Waals surface area contributed by atoms with Crippen LogP contribution < -0.4 is 4.74 Å². The third kappa shape index (κ3) is 2.25. The number of rotatable bonds is 2. The van der Waals surface area contributed by atoms with Gasteiger partial charge in [0.2, 0.25) is 0 Å². The molecule has 1 aromatic carbocycles. The molecule has 0 spiro atoms. The average molecular weight is 243 g/mol. The third-order valence-electron chi connectivity index (χ3n) is 1.91. The summed E-state index contributed by atoms with van der Waals surface area (Å²) in [6.45, 7) is 0. The van der Waals surface area contributed by atoms with E-state index < -0.39 is 0 Å². The van der Waals surface area contributed by atoms with E-state index in [1.807, 2.05) is 0 Å². The zero-order chi connectivity index (χ0) is 10.8. The van der Waals surface area contributed by atoms with Crippen LogP contribution >= 0.6 is 23.2 Å². The zero-order valence-corrected chi connectivity index (χ0v) is 9.46. The maximum absolute atomic E-state index is 5.82. The standard InChI is InChI=1S/C10H8Cl2N2O/c1-14-9(12)6-13-10(14)15-8-4-2-7(11)3-5-8/h2-6H,1H3. The Hall–Kier alpha value is -1.19. The summed E-state index contributed by atoms with van der Waals surface area (Å²) < 4.78 is 7.14. The molecular weight excluding hydrogens is 235 g/mol. The van der Waals surface area contributed by atoms with Crippen LogP contribution in [0.1, 0.15) is 0 Å². The van der Waals surface area contributed by atoms with Crippen LogP contribution in [0.5, 0.6) is 11.8 Å². The number of hydrogen-bond acceptors (Lipinski definition) is 2. The topological polar surface area (TPSA) is 27.1 Å². The highest BCUT2D eigenvalue weighted by Crippen LogP contribution is 2.23. The van der Waals surface area contributed by atoms with Crippen molar-refractivity contribution in [3.63, 3.8) is 0 Å². The van der Waals surface area contributed by atoms with E-state index in [1.54, 1.807) is 35.9 Å². The van der Waals surface area contributed by atoms with Crippen LogP contribution in [-0.4, -0.2) is 9.55 Å². The number of nitrogens with zero attached hydrogens (tertiary/aromatic N) is 2. The zero-order valence-electron chi connectivity index (χ0n) is 7.95. The van der Waals surface area contributed by atoms with Crippen LogP contribution in [0.4, 0.5) is 0 Å². The molecule has 15 heavy (non-hydrogen) atoms. The molecule has 0 atom stereocenters. The van der Waals surface area contributed by atoms with Gasteiger partial charge in [-0.3, -0.25) is 4.57 Å². The first-order chi connectivity index (χ1) is 7.16. The summed E-state index contributed by atoms with van der Waals surface area (Å²) in [6.07, 6.45) is 1.53. The van der Waals surface area contributed by atoms with Crippen LogP contribution in [0.25, 0.3) is 0 Å². The molecule has 0 saturated carbocycles. The maximum atomic E-state index is 5.82. The highest BCUT2D eigenvalue weighted by Gasteiger charge is 2.06. The van der Waals surface area contributed by atoms with E-state index in [1.165, 1.54) is 6.20 Å². The van der Waals surface area contributed by atoms with E-state index in [4.69, 9.17) is 27.9 Å². The van der Waals surface area contributed by atoms with Crippen molar-refractivity contribution in [3.05, 3.63) is 40.6 Å². The lowest BCUT2D eigenvalue weighted by molar-refractivity contribution is 0.425. The molecule has 0 radical (unpaired) electrons. The fourth-order valence-corrected chi connectivity index (χ4v) is 1.32. The van der Waals surface area contributed by atoms with E-state index in [2.05, 4.69) is 4.98 Å². The second-order valence-electron chi connectivity index (χ2n) is 2.98. The van der Waals surface area contributed by atoms with Crippen molar-refractivity contribution in [2.45, 2.75) is 0 Å². The van der Waals surface area contributed by atoms with Crippen molar-refractivity contribution in [1.29, 1.82) is 0 Å². The molecule has 2 rings (SSSR count). The molecule has 0 saturated heterocycles. The largest absolute Gasteiger partial charge is 0.425 e. The van der Waals surface area contributed by atoms with Gasteiger partial charge in [0.15, 0.2) is 0 Å². The van der Waals surface area contributed by atoms with Gasteiger partial charge in [-0.25, -0.2) is 4.98 Å². The normalized spacial score (nSPS) is 10.3. The summed E-state index contributed by atoms with van der Waals surface area (Å²) in [5, 5.41) is 1.19. The predicted octanol–water partition coefficient (Wildman–Crippen LogP) is 3.52. The lowest BCUT2D eigenvalue weighted by atomic mass is 10.3. The van der Waals surface area contributed by atoms with Crippen LogP contribution in [0.15, 0.2) is 30.5 Å². The van der Waals surface area contributed by atoms with Crippen LogP contribution in [0.2, 0.25) is 10.2 Å². The molecule has 0 unspecified atom stereocenters. The summed E-state index contributed by atoms with van der Waals surface area (Å²) in [7, 11) is 1.78. The Morgan fingerprint density at radius 3 is 2.40 bits per heavy atom. The van der Waals surface area contributed by atoms with Crippen molar-refractivity contribution < 1.29 is 4.74 Å². The van der Waals surface area contributed by atoms with Gasteiger partial charge in [-0.1, -0.05) is 23.2 Å². The minimum atomic E-state index is 0.447. The molecule has 0 fully saturated rings. The molecule has 0 bridgehead atoms. The summed E-state index contributed by atoms with van der Waals surface area (Å²) in [4.78, 5) is 4.01. The predicted molar refractivity (Wildman–Crippen MR) is 59.7 cm³/mol. The Morgan fingerprint density at radius 2 is 1.87 bits per heavy atom. The van der Waals surface area contributed by atoms with Gasteiger partial charge in [0.05, 0.1) is 6.20 Å². The number of aromatic nitrogens is 2. The highest BCUT2D eigenvalue weighted by atomic mass is 35.5. The first-order valence-electron chi connectivity index (χ1n) is 4.27. The van der Waals surface area contributed by atoms with Crippen molar-refractivity contribution in [2.24, 2.45) is 7.05 Å². The summed E-state index contributed by atoms with van der Waals surface area (Å²) >= 11 is 11.6. The van der Waals surface area contributed by atoms with Crippen molar-refractivity contribution in [2.75, 3.05) is 0 Å². The minimum Gasteiger partial charge on any atom is -0.425 e. The molecule has 78 valence electrons. The van der Waals surface area contributed by atoms with E-state index in [0.29, 0.717) is 21.9 Å². The van der Waals surface area contributed by atoms with Crippen LogP contribution in [0.3, 0.4) is 0 Å². The minimum absolute atomic E-state index is 0.447. The number of halogens is 2. The lowest BCUT2D eigenvalue weighted by Crippen LogP contribution is -1.94. The Balaban J connectivity index is 2.22. The van der Waals surface area contributed by atoms with Crippen LogP contribution in [-0.2, 0) is 7.05 Å². The molecule has 0 aliphatic heterocycles. The molecule has 2 aromatic rings. The highest BCUT2D eigenvalue weighted by molar-refractivity contribution is 6.30. The van der Waals surface area contributed by atoms with E-state index >= 15 is 0 Å². The fourth-order valence-electron chi connectivity index (χ4n) is 1.08. The summed E-state index contributed by atoms with van der Waals surface area (Å²) in [5.74, 6) is 0.671. The Labute approximate surface area is 97.2 Å². The van der Waals surface area contributed by atoms with Gasteiger partial charge in [0, 0.05) is 12.1 Å². The quantitative estimate of drug-likeness (QED) is 0.806. The van der Waals surface area contributed by atoms with Gasteiger partial charge in [-0.2, -0.15) is 0 Å². The molecule has 5 heteroatoms. The van der Waals surface area contributed by atoms with E-state index in [0.717, 1.165) is 0 Å². The SMILES string of the molecule is Cn1c(Cl)cnc1Oc1ccc(Cl)cc1. The number of hydrogen-bond donors (Lipinski definition) is 0. The van der Waals surface area contributed by atoms with Gasteiger partial charge in [0.1, 0.15) is 10.9 Å². The first kappa shape index (κ1) is 10.3. The fraction of sp³-hybridized carbons (Fsp3) is 0.100. The maximum Gasteiger partial charge on any atom is 0.302 e. The molecule has 3 nitrogen and oxygen atoms in total. The monoisotopic (exact) mass is 242 g/mol. The Bertz CT molecular complexity index is 465. The number of imidazole rings is 1. The molecular formula is C10H8Cl2N2O. The molecule has 0 aliphatic carbocycles. The van der Waals surface area contributed by atoms with Gasteiger partial charge in [0.25, 0.3) is 0 Å². The molecule has 1 aromatic heterocycles. The first-order valence-corrected chi connectivity index (χ1v) is 5.03. The van der Waals surface area contributed by atoms with Gasteiger partial charge < -0.3 is 4.74 Å². The molecule has 1 heterocycles. The second kappa shape index (κ2) is 4.13. The van der Waals surface area contributed by atoms with Gasteiger partial charge in [-0.15, -0.1) is 0 Å². The Kier molecular flexibility index (Phi) is 2.84. The molecule has 0 aliphatic rings. The summed E-state index contributed by atoms with van der Waals surface area (Å²) in [5.41, 5.74) is 0. The molecule has 0 N–H and O–H groups in total. The van der Waals surface area contributed by atoms with Gasteiger partial charge >= 0.3 is 6.01 Å². The third-order valence-corrected chi connectivity index (χ3v) is 2.51. The van der Waals surface area contributed by atoms with Crippen molar-refractivity contribution in [1.82, 2.24) is 9.55 Å². The second-order valence-corrected chi connectivity index (χ2v) is 3.80. The average Bonchev–Trinajstić information content (AvgIpc) is 2.53. The van der Waals surface area contributed by atoms with Crippen molar-refractivity contribution >= 4 is 23.2 Å².